The highest BCUT2D eigenvalue weighted by Gasteiger charge is 2.29. The van der Waals surface area contributed by atoms with Crippen molar-refractivity contribution < 1.29 is 4.92 Å². The molecule has 3 fully saturated rings. The normalized spacial score (nSPS) is 26.3. The molecular weight excluding hydrogens is 242 g/mol. The maximum absolute atomic E-state index is 10.8. The van der Waals surface area contributed by atoms with Crippen LogP contribution in [0.15, 0.2) is 18.2 Å². The summed E-state index contributed by atoms with van der Waals surface area (Å²) in [5, 5.41) is 10.8. The monoisotopic (exact) mass is 261 g/mol. The molecule has 3 saturated heterocycles. The first-order valence-electron chi connectivity index (χ1n) is 6.89. The van der Waals surface area contributed by atoms with Gasteiger partial charge in [-0.2, -0.15) is 0 Å². The molecule has 4 rings (SSSR count). The van der Waals surface area contributed by atoms with E-state index < -0.39 is 0 Å². The SMILES string of the molecule is Cc1cc([N+](=O)[O-])ccc1N1CCN2CCC1CC2. The lowest BCUT2D eigenvalue weighted by Gasteiger charge is -2.33. The van der Waals surface area contributed by atoms with Crippen LogP contribution in [0.25, 0.3) is 0 Å². The van der Waals surface area contributed by atoms with Crippen molar-refractivity contribution >= 4 is 11.4 Å². The van der Waals surface area contributed by atoms with Gasteiger partial charge in [-0.15, -0.1) is 0 Å². The quantitative estimate of drug-likeness (QED) is 0.605. The van der Waals surface area contributed by atoms with Crippen LogP contribution in [-0.4, -0.2) is 42.0 Å². The van der Waals surface area contributed by atoms with E-state index in [1.54, 1.807) is 12.1 Å². The highest BCUT2D eigenvalue weighted by Crippen LogP contribution is 2.31. The molecule has 0 atom stereocenters. The zero-order chi connectivity index (χ0) is 13.4. The number of nitro benzene ring substituents is 1. The molecule has 0 saturated carbocycles. The number of rotatable bonds is 2. The molecule has 1 aromatic carbocycles. The van der Waals surface area contributed by atoms with Crippen molar-refractivity contribution in [1.29, 1.82) is 0 Å². The van der Waals surface area contributed by atoms with Crippen molar-refractivity contribution in [2.75, 3.05) is 31.1 Å². The molecule has 102 valence electrons. The van der Waals surface area contributed by atoms with Crippen LogP contribution in [-0.2, 0) is 0 Å². The number of aryl methyl sites for hydroxylation is 1. The number of anilines is 1. The molecule has 3 aliphatic rings. The van der Waals surface area contributed by atoms with Gasteiger partial charge in [0.05, 0.1) is 4.92 Å². The second-order valence-electron chi connectivity index (χ2n) is 5.49. The summed E-state index contributed by atoms with van der Waals surface area (Å²) >= 11 is 0. The molecule has 0 aromatic heterocycles. The molecule has 5 nitrogen and oxygen atoms in total. The third-order valence-corrected chi connectivity index (χ3v) is 4.36. The Labute approximate surface area is 113 Å². The molecule has 0 unspecified atom stereocenters. The number of hydrogen-bond donors (Lipinski definition) is 0. The van der Waals surface area contributed by atoms with Crippen LogP contribution >= 0.6 is 0 Å². The molecule has 3 aliphatic heterocycles. The minimum absolute atomic E-state index is 0.184. The van der Waals surface area contributed by atoms with Crippen LogP contribution in [0.5, 0.6) is 0 Å². The van der Waals surface area contributed by atoms with Gasteiger partial charge in [0.1, 0.15) is 0 Å². The van der Waals surface area contributed by atoms with E-state index in [9.17, 15) is 10.1 Å². The van der Waals surface area contributed by atoms with E-state index in [0.717, 1.165) is 18.7 Å². The van der Waals surface area contributed by atoms with Crippen molar-refractivity contribution in [1.82, 2.24) is 4.90 Å². The van der Waals surface area contributed by atoms with Gasteiger partial charge in [-0.1, -0.05) is 0 Å². The average molecular weight is 261 g/mol. The van der Waals surface area contributed by atoms with E-state index in [1.807, 2.05) is 13.0 Å². The van der Waals surface area contributed by atoms with Crippen LogP contribution < -0.4 is 4.90 Å². The van der Waals surface area contributed by atoms with Crippen LogP contribution in [0.1, 0.15) is 18.4 Å². The van der Waals surface area contributed by atoms with E-state index in [-0.39, 0.29) is 10.6 Å². The Bertz CT molecular complexity index is 495. The maximum Gasteiger partial charge on any atom is 0.269 e. The lowest BCUT2D eigenvalue weighted by Crippen LogP contribution is -2.38. The second kappa shape index (κ2) is 4.81. The van der Waals surface area contributed by atoms with Gasteiger partial charge in [-0.05, 0) is 31.4 Å². The van der Waals surface area contributed by atoms with Crippen molar-refractivity contribution in [3.63, 3.8) is 0 Å². The molecular formula is C14H19N3O2. The molecule has 3 heterocycles. The largest absolute Gasteiger partial charge is 0.367 e. The Morgan fingerprint density at radius 3 is 2.58 bits per heavy atom. The Morgan fingerprint density at radius 2 is 1.95 bits per heavy atom. The lowest BCUT2D eigenvalue weighted by molar-refractivity contribution is -0.384. The third-order valence-electron chi connectivity index (χ3n) is 4.36. The number of hydrogen-bond acceptors (Lipinski definition) is 4. The lowest BCUT2D eigenvalue weighted by atomic mass is 10.0. The van der Waals surface area contributed by atoms with Gasteiger partial charge < -0.3 is 9.80 Å². The zero-order valence-corrected chi connectivity index (χ0v) is 11.2. The fourth-order valence-electron chi connectivity index (χ4n) is 3.28. The van der Waals surface area contributed by atoms with E-state index in [0.29, 0.717) is 6.04 Å². The van der Waals surface area contributed by atoms with Gasteiger partial charge >= 0.3 is 0 Å². The summed E-state index contributed by atoms with van der Waals surface area (Å²) in [6, 6.07) is 5.83. The zero-order valence-electron chi connectivity index (χ0n) is 11.2. The molecule has 0 amide bonds. The van der Waals surface area contributed by atoms with Gasteiger partial charge in [0.25, 0.3) is 5.69 Å². The number of benzene rings is 1. The minimum Gasteiger partial charge on any atom is -0.367 e. The molecule has 0 spiro atoms. The Balaban J connectivity index is 1.91. The summed E-state index contributed by atoms with van der Waals surface area (Å²) in [4.78, 5) is 15.4. The number of nitrogens with zero attached hydrogens (tertiary/aromatic N) is 3. The fourth-order valence-corrected chi connectivity index (χ4v) is 3.28. The third kappa shape index (κ3) is 2.30. The van der Waals surface area contributed by atoms with Crippen molar-refractivity contribution in [3.05, 3.63) is 33.9 Å². The number of fused-ring (bicyclic) bond motifs is 4. The summed E-state index contributed by atoms with van der Waals surface area (Å²) < 4.78 is 0. The van der Waals surface area contributed by atoms with Crippen molar-refractivity contribution in [2.24, 2.45) is 0 Å². The predicted molar refractivity (Wildman–Crippen MR) is 74.6 cm³/mol. The molecule has 0 radical (unpaired) electrons. The van der Waals surface area contributed by atoms with Crippen LogP contribution in [0.4, 0.5) is 11.4 Å². The smallest absolute Gasteiger partial charge is 0.269 e. The molecule has 19 heavy (non-hydrogen) atoms. The standard InChI is InChI=1S/C14H19N3O2/c1-11-10-13(17(18)19)2-3-14(11)16-9-8-15-6-4-12(16)5-7-15/h2-3,10,12H,4-9H2,1H3. The Kier molecular flexibility index (Phi) is 3.14. The second-order valence-corrected chi connectivity index (χ2v) is 5.49. The Morgan fingerprint density at radius 1 is 1.21 bits per heavy atom. The van der Waals surface area contributed by atoms with Gasteiger partial charge in [0.15, 0.2) is 0 Å². The number of piperidine rings is 1. The first-order chi connectivity index (χ1) is 9.15. The van der Waals surface area contributed by atoms with E-state index in [1.165, 1.54) is 31.6 Å². The van der Waals surface area contributed by atoms with Gasteiger partial charge in [0.2, 0.25) is 0 Å². The number of non-ortho nitro benzene ring substituents is 1. The maximum atomic E-state index is 10.8. The van der Waals surface area contributed by atoms with Crippen molar-refractivity contribution in [2.45, 2.75) is 25.8 Å². The van der Waals surface area contributed by atoms with Crippen LogP contribution in [0.3, 0.4) is 0 Å². The van der Waals surface area contributed by atoms with E-state index in [2.05, 4.69) is 9.80 Å². The predicted octanol–water partition coefficient (Wildman–Crippen LogP) is 2.19. The Hall–Kier alpha value is -1.62. The summed E-state index contributed by atoms with van der Waals surface area (Å²) in [7, 11) is 0. The molecule has 1 aromatic rings. The van der Waals surface area contributed by atoms with Crippen LogP contribution in [0.2, 0.25) is 0 Å². The minimum atomic E-state index is -0.323. The molecule has 0 N–H and O–H groups in total. The highest BCUT2D eigenvalue weighted by molar-refractivity contribution is 5.58. The molecule has 0 aliphatic carbocycles. The average Bonchev–Trinajstić information content (AvgIpc) is 2.72. The van der Waals surface area contributed by atoms with Gasteiger partial charge in [-0.25, -0.2) is 0 Å². The fraction of sp³-hybridized carbons (Fsp3) is 0.571. The first kappa shape index (κ1) is 12.4. The van der Waals surface area contributed by atoms with Crippen molar-refractivity contribution in [3.8, 4) is 0 Å². The molecule has 5 heteroatoms. The van der Waals surface area contributed by atoms with Gasteiger partial charge in [0, 0.05) is 50.0 Å². The topological polar surface area (TPSA) is 49.6 Å². The summed E-state index contributed by atoms with van der Waals surface area (Å²) in [5.41, 5.74) is 2.36. The van der Waals surface area contributed by atoms with Crippen LogP contribution in [0, 0.1) is 17.0 Å². The summed E-state index contributed by atoms with van der Waals surface area (Å²) in [6.45, 7) is 6.48. The van der Waals surface area contributed by atoms with Gasteiger partial charge in [-0.3, -0.25) is 10.1 Å². The highest BCUT2D eigenvalue weighted by atomic mass is 16.6. The summed E-state index contributed by atoms with van der Waals surface area (Å²) in [6.07, 6.45) is 2.41. The first-order valence-corrected chi connectivity index (χ1v) is 6.89. The van der Waals surface area contributed by atoms with E-state index in [4.69, 9.17) is 0 Å². The van der Waals surface area contributed by atoms with E-state index >= 15 is 0 Å². The number of nitro groups is 1. The molecule has 2 bridgehead atoms. The summed E-state index contributed by atoms with van der Waals surface area (Å²) in [5.74, 6) is 0.